The van der Waals surface area contributed by atoms with Crippen molar-refractivity contribution < 1.29 is 9.90 Å². The summed E-state index contributed by atoms with van der Waals surface area (Å²) < 4.78 is 0. The molecule has 2 aromatic rings. The molecule has 0 saturated carbocycles. The molecule has 2 aromatic heterocycles. The molecule has 3 heterocycles. The average Bonchev–Trinajstić information content (AvgIpc) is 2.45. The Kier molecular flexibility index (Phi) is 3.32. The van der Waals surface area contributed by atoms with Crippen LogP contribution in [0.1, 0.15) is 13.8 Å². The van der Waals surface area contributed by atoms with Crippen molar-refractivity contribution in [2.75, 3.05) is 18.0 Å². The van der Waals surface area contributed by atoms with E-state index in [1.165, 1.54) is 4.90 Å². The Hall–Kier alpha value is -2.44. The smallest absolute Gasteiger partial charge is 0.407 e. The molecule has 1 aliphatic heterocycles. The van der Waals surface area contributed by atoms with Gasteiger partial charge in [0.1, 0.15) is 11.3 Å². The number of piperazine rings is 1. The van der Waals surface area contributed by atoms with Gasteiger partial charge >= 0.3 is 6.09 Å². The molecule has 1 saturated heterocycles. The van der Waals surface area contributed by atoms with E-state index in [4.69, 9.17) is 0 Å². The van der Waals surface area contributed by atoms with Crippen LogP contribution in [0.5, 0.6) is 0 Å². The van der Waals surface area contributed by atoms with Crippen molar-refractivity contribution in [3.8, 4) is 0 Å². The lowest BCUT2D eigenvalue weighted by molar-refractivity contribution is 0.0981. The highest BCUT2D eigenvalue weighted by molar-refractivity contribution is 5.72. The van der Waals surface area contributed by atoms with Crippen LogP contribution in [-0.2, 0) is 0 Å². The topological polar surface area (TPSA) is 82.5 Å². The van der Waals surface area contributed by atoms with Gasteiger partial charge in [0.25, 0.3) is 0 Å². The molecule has 2 atom stereocenters. The molecule has 0 bridgehead atoms. The van der Waals surface area contributed by atoms with Crippen molar-refractivity contribution in [2.45, 2.75) is 25.9 Å². The molecule has 1 aliphatic rings. The summed E-state index contributed by atoms with van der Waals surface area (Å²) in [5.41, 5.74) is 1.36. The Morgan fingerprint density at radius 3 is 2.52 bits per heavy atom. The van der Waals surface area contributed by atoms with E-state index in [2.05, 4.69) is 19.9 Å². The van der Waals surface area contributed by atoms with Crippen LogP contribution >= 0.6 is 0 Å². The fourth-order valence-corrected chi connectivity index (χ4v) is 2.91. The molecule has 0 aromatic carbocycles. The van der Waals surface area contributed by atoms with Gasteiger partial charge in [-0.1, -0.05) is 0 Å². The lowest BCUT2D eigenvalue weighted by atomic mass is 10.1. The molecular weight excluding hydrogens is 270 g/mol. The normalized spacial score (nSPS) is 22.6. The fourth-order valence-electron chi connectivity index (χ4n) is 2.91. The molecule has 0 aliphatic carbocycles. The van der Waals surface area contributed by atoms with Crippen molar-refractivity contribution >= 4 is 23.1 Å². The van der Waals surface area contributed by atoms with Crippen molar-refractivity contribution in [1.29, 1.82) is 0 Å². The maximum atomic E-state index is 11.3. The minimum atomic E-state index is -0.869. The summed E-state index contributed by atoms with van der Waals surface area (Å²) in [7, 11) is 0. The van der Waals surface area contributed by atoms with Gasteiger partial charge in [0.05, 0.1) is 12.1 Å². The Balaban J connectivity index is 1.88. The third-order valence-electron chi connectivity index (χ3n) is 3.78. The van der Waals surface area contributed by atoms with Crippen molar-refractivity contribution in [3.05, 3.63) is 24.5 Å². The van der Waals surface area contributed by atoms with Gasteiger partial charge in [-0.2, -0.15) is 0 Å². The molecule has 3 rings (SSSR count). The number of carbonyl (C=O) groups is 1. The minimum Gasteiger partial charge on any atom is -0.465 e. The van der Waals surface area contributed by atoms with E-state index in [1.54, 1.807) is 12.4 Å². The van der Waals surface area contributed by atoms with Gasteiger partial charge in [-0.05, 0) is 26.0 Å². The van der Waals surface area contributed by atoms with E-state index in [0.29, 0.717) is 18.7 Å². The quantitative estimate of drug-likeness (QED) is 0.858. The molecule has 110 valence electrons. The summed E-state index contributed by atoms with van der Waals surface area (Å²) in [6.45, 7) is 5.07. The van der Waals surface area contributed by atoms with Crippen LogP contribution in [0, 0.1) is 0 Å². The molecule has 0 unspecified atom stereocenters. The summed E-state index contributed by atoms with van der Waals surface area (Å²) in [5.74, 6) is 0.812. The molecule has 21 heavy (non-hydrogen) atoms. The molecule has 1 amide bonds. The highest BCUT2D eigenvalue weighted by atomic mass is 16.4. The minimum absolute atomic E-state index is 0.0781. The third kappa shape index (κ3) is 2.46. The zero-order valence-electron chi connectivity index (χ0n) is 12.0. The van der Waals surface area contributed by atoms with E-state index >= 15 is 0 Å². The Bertz CT molecular complexity index is 665. The Labute approximate surface area is 122 Å². The lowest BCUT2D eigenvalue weighted by Crippen LogP contribution is -2.58. The van der Waals surface area contributed by atoms with Crippen LogP contribution in [0.4, 0.5) is 10.6 Å². The van der Waals surface area contributed by atoms with E-state index < -0.39 is 6.09 Å². The molecule has 7 nitrogen and oxygen atoms in total. The van der Waals surface area contributed by atoms with Gasteiger partial charge in [-0.25, -0.2) is 14.8 Å². The number of anilines is 1. The van der Waals surface area contributed by atoms with Crippen molar-refractivity contribution in [3.63, 3.8) is 0 Å². The monoisotopic (exact) mass is 287 g/mol. The number of carboxylic acid groups (broad SMARTS) is 1. The van der Waals surface area contributed by atoms with Gasteiger partial charge < -0.3 is 10.0 Å². The van der Waals surface area contributed by atoms with Crippen LogP contribution in [0.3, 0.4) is 0 Å². The van der Waals surface area contributed by atoms with E-state index in [1.807, 2.05) is 26.0 Å². The van der Waals surface area contributed by atoms with Gasteiger partial charge in [0.15, 0.2) is 5.65 Å². The van der Waals surface area contributed by atoms with Gasteiger partial charge in [-0.15, -0.1) is 0 Å². The number of rotatable bonds is 1. The van der Waals surface area contributed by atoms with Crippen LogP contribution in [-0.4, -0.2) is 56.2 Å². The number of aromatic nitrogens is 3. The molecule has 1 fully saturated rings. The maximum absolute atomic E-state index is 11.3. The molecule has 7 heteroatoms. The van der Waals surface area contributed by atoms with Gasteiger partial charge in [0.2, 0.25) is 0 Å². The predicted octanol–water partition coefficient (Wildman–Crippen LogP) is 1.60. The van der Waals surface area contributed by atoms with Crippen molar-refractivity contribution in [2.24, 2.45) is 0 Å². The number of nitrogens with zero attached hydrogens (tertiary/aromatic N) is 5. The lowest BCUT2D eigenvalue weighted by Gasteiger charge is -2.43. The molecule has 1 N–H and O–H groups in total. The third-order valence-corrected chi connectivity index (χ3v) is 3.78. The number of pyridine rings is 1. The number of hydrogen-bond acceptors (Lipinski definition) is 5. The number of hydrogen-bond donors (Lipinski definition) is 1. The van der Waals surface area contributed by atoms with Gasteiger partial charge in [0, 0.05) is 25.5 Å². The Morgan fingerprint density at radius 1 is 1.19 bits per heavy atom. The first-order chi connectivity index (χ1) is 10.1. The second-order valence-electron chi connectivity index (χ2n) is 5.36. The van der Waals surface area contributed by atoms with Crippen LogP contribution in [0.2, 0.25) is 0 Å². The zero-order valence-corrected chi connectivity index (χ0v) is 12.0. The van der Waals surface area contributed by atoms with Crippen molar-refractivity contribution in [1.82, 2.24) is 19.9 Å². The second-order valence-corrected chi connectivity index (χ2v) is 5.36. The van der Waals surface area contributed by atoms with E-state index in [-0.39, 0.29) is 12.1 Å². The molecule has 0 spiro atoms. The highest BCUT2D eigenvalue weighted by Gasteiger charge is 2.33. The standard InChI is InChI=1S/C14H17N5O2/c1-9-7-18(8-10(2)19(9)14(20)21)12-4-3-11-13(17-12)16-6-5-15-11/h3-6,9-10H,7-8H2,1-2H3,(H,20,21)/t9-,10+. The molecular formula is C14H17N5O2. The Morgan fingerprint density at radius 2 is 1.86 bits per heavy atom. The fraction of sp³-hybridized carbons (Fsp3) is 0.429. The first kappa shape index (κ1) is 13.5. The van der Waals surface area contributed by atoms with Crippen LogP contribution < -0.4 is 4.90 Å². The maximum Gasteiger partial charge on any atom is 0.407 e. The average molecular weight is 287 g/mol. The van der Waals surface area contributed by atoms with Crippen LogP contribution in [0.15, 0.2) is 24.5 Å². The highest BCUT2D eigenvalue weighted by Crippen LogP contribution is 2.22. The number of amides is 1. The van der Waals surface area contributed by atoms with Gasteiger partial charge in [-0.3, -0.25) is 9.88 Å². The summed E-state index contributed by atoms with van der Waals surface area (Å²) >= 11 is 0. The summed E-state index contributed by atoms with van der Waals surface area (Å²) in [6.07, 6.45) is 2.39. The number of fused-ring (bicyclic) bond motifs is 1. The largest absolute Gasteiger partial charge is 0.465 e. The second kappa shape index (κ2) is 5.16. The predicted molar refractivity (Wildman–Crippen MR) is 78.3 cm³/mol. The van der Waals surface area contributed by atoms with Crippen LogP contribution in [0.25, 0.3) is 11.2 Å². The van der Waals surface area contributed by atoms with E-state index in [0.717, 1.165) is 11.3 Å². The first-order valence-electron chi connectivity index (χ1n) is 6.90. The molecule has 0 radical (unpaired) electrons. The summed E-state index contributed by atoms with van der Waals surface area (Å²) in [5, 5.41) is 9.25. The van der Waals surface area contributed by atoms with E-state index in [9.17, 15) is 9.90 Å². The first-order valence-corrected chi connectivity index (χ1v) is 6.90. The summed E-state index contributed by atoms with van der Waals surface area (Å²) in [4.78, 5) is 27.8. The SMILES string of the molecule is C[C@@H]1CN(c2ccc3nccnc3n2)C[C@H](C)N1C(=O)O. The zero-order chi connectivity index (χ0) is 15.0. The summed E-state index contributed by atoms with van der Waals surface area (Å²) in [6, 6.07) is 3.65.